The van der Waals surface area contributed by atoms with Crippen LogP contribution in [-0.2, 0) is 24.2 Å². The molecule has 1 aliphatic rings. The first-order valence-electron chi connectivity index (χ1n) is 9.06. The Morgan fingerprint density at radius 2 is 2.27 bits per heavy atom. The fraction of sp³-hybridized carbons (Fsp3) is 0.526. The molecule has 7 nitrogen and oxygen atoms in total. The Hall–Kier alpha value is -2.57. The van der Waals surface area contributed by atoms with E-state index in [1.807, 2.05) is 26.0 Å². The number of aryl methyl sites for hydroxylation is 2. The van der Waals surface area contributed by atoms with Crippen molar-refractivity contribution in [3.63, 3.8) is 0 Å². The highest BCUT2D eigenvalue weighted by Gasteiger charge is 2.22. The van der Waals surface area contributed by atoms with Crippen LogP contribution in [0.5, 0.6) is 11.5 Å². The maximum Gasteiger partial charge on any atom is 0.226 e. The minimum Gasteiger partial charge on any atom is -0.494 e. The zero-order valence-corrected chi connectivity index (χ0v) is 15.5. The first kappa shape index (κ1) is 18.2. The topological polar surface area (TPSA) is 86.5 Å². The number of nitrogens with one attached hydrogen (secondary N) is 1. The number of hydrogen-bond donors (Lipinski definition) is 1. The van der Waals surface area contributed by atoms with Crippen molar-refractivity contribution >= 4 is 5.91 Å². The van der Waals surface area contributed by atoms with E-state index in [2.05, 4.69) is 15.5 Å². The molecule has 0 saturated heterocycles. The van der Waals surface area contributed by atoms with E-state index < -0.39 is 0 Å². The molecule has 0 aliphatic carbocycles. The number of nitrogens with zero attached hydrogens (tertiary/aromatic N) is 2. The standard InChI is InChI=1S/C19H25N3O4/c1-4-24-16-9-14-8-12(2)25-17(14)10-15(16)11-20-18(23)6-5-7-19-21-13(3)22-26-19/h9-10,12H,4-8,11H2,1-3H3,(H,20,23). The highest BCUT2D eigenvalue weighted by molar-refractivity contribution is 5.76. The molecule has 1 aromatic carbocycles. The molecule has 0 saturated carbocycles. The largest absolute Gasteiger partial charge is 0.494 e. The van der Waals surface area contributed by atoms with Crippen molar-refractivity contribution in [2.45, 2.75) is 59.1 Å². The quantitative estimate of drug-likeness (QED) is 0.780. The van der Waals surface area contributed by atoms with Crippen LogP contribution in [0, 0.1) is 6.92 Å². The van der Waals surface area contributed by atoms with Crippen LogP contribution in [0.4, 0.5) is 0 Å². The fourth-order valence-corrected chi connectivity index (χ4v) is 3.03. The van der Waals surface area contributed by atoms with E-state index in [-0.39, 0.29) is 12.0 Å². The van der Waals surface area contributed by atoms with Gasteiger partial charge >= 0.3 is 0 Å². The predicted molar refractivity (Wildman–Crippen MR) is 95.2 cm³/mol. The van der Waals surface area contributed by atoms with Crippen molar-refractivity contribution in [2.24, 2.45) is 0 Å². The molecule has 26 heavy (non-hydrogen) atoms. The number of ether oxygens (including phenoxy) is 2. The van der Waals surface area contributed by atoms with Crippen molar-refractivity contribution in [1.82, 2.24) is 15.5 Å². The lowest BCUT2D eigenvalue weighted by Gasteiger charge is -2.13. The molecular weight excluding hydrogens is 334 g/mol. The number of rotatable bonds is 8. The molecule has 1 unspecified atom stereocenters. The SMILES string of the molecule is CCOc1cc2c(cc1CNC(=O)CCCc1nc(C)no1)OC(C)C2. The Morgan fingerprint density at radius 3 is 3.00 bits per heavy atom. The molecule has 140 valence electrons. The van der Waals surface area contributed by atoms with Crippen LogP contribution in [-0.4, -0.2) is 28.8 Å². The van der Waals surface area contributed by atoms with Gasteiger partial charge in [-0.05, 0) is 39.3 Å². The third-order valence-electron chi connectivity index (χ3n) is 4.22. The van der Waals surface area contributed by atoms with E-state index in [4.69, 9.17) is 14.0 Å². The molecule has 1 N–H and O–H groups in total. The van der Waals surface area contributed by atoms with E-state index >= 15 is 0 Å². The van der Waals surface area contributed by atoms with Crippen LogP contribution in [0.1, 0.15) is 49.5 Å². The van der Waals surface area contributed by atoms with Gasteiger partial charge in [0.1, 0.15) is 17.6 Å². The lowest BCUT2D eigenvalue weighted by atomic mass is 10.1. The molecule has 1 amide bonds. The Labute approximate surface area is 153 Å². The second kappa shape index (κ2) is 8.21. The highest BCUT2D eigenvalue weighted by atomic mass is 16.5. The summed E-state index contributed by atoms with van der Waals surface area (Å²) in [5.41, 5.74) is 2.09. The van der Waals surface area contributed by atoms with Gasteiger partial charge in [-0.1, -0.05) is 5.16 Å². The van der Waals surface area contributed by atoms with Gasteiger partial charge in [-0.25, -0.2) is 0 Å². The zero-order chi connectivity index (χ0) is 18.5. The molecule has 2 aromatic rings. The van der Waals surface area contributed by atoms with E-state index in [9.17, 15) is 4.79 Å². The number of hydrogen-bond acceptors (Lipinski definition) is 6. The average Bonchev–Trinajstić information content (AvgIpc) is 3.17. The van der Waals surface area contributed by atoms with E-state index in [0.29, 0.717) is 44.1 Å². The minimum absolute atomic E-state index is 0.0153. The van der Waals surface area contributed by atoms with Gasteiger partial charge in [-0.3, -0.25) is 4.79 Å². The van der Waals surface area contributed by atoms with Crippen LogP contribution in [0.3, 0.4) is 0 Å². The molecule has 1 atom stereocenters. The summed E-state index contributed by atoms with van der Waals surface area (Å²) in [6, 6.07) is 4.01. The summed E-state index contributed by atoms with van der Waals surface area (Å²) >= 11 is 0. The summed E-state index contributed by atoms with van der Waals surface area (Å²) < 4.78 is 16.6. The molecule has 0 radical (unpaired) electrons. The first-order valence-corrected chi connectivity index (χ1v) is 9.06. The molecule has 1 aromatic heterocycles. The van der Waals surface area contributed by atoms with Gasteiger partial charge in [0.25, 0.3) is 0 Å². The number of amides is 1. The van der Waals surface area contributed by atoms with Gasteiger partial charge in [0.05, 0.1) is 6.61 Å². The van der Waals surface area contributed by atoms with Crippen LogP contribution in [0.15, 0.2) is 16.7 Å². The number of aromatic nitrogens is 2. The molecule has 0 spiro atoms. The second-order valence-corrected chi connectivity index (χ2v) is 6.50. The van der Waals surface area contributed by atoms with Gasteiger partial charge in [0.15, 0.2) is 5.82 Å². The number of carbonyl (C=O) groups is 1. The Morgan fingerprint density at radius 1 is 1.42 bits per heavy atom. The van der Waals surface area contributed by atoms with Crippen molar-refractivity contribution < 1.29 is 18.8 Å². The molecule has 3 rings (SSSR count). The predicted octanol–water partition coefficient (Wildman–Crippen LogP) is 2.74. The van der Waals surface area contributed by atoms with Crippen molar-refractivity contribution in [3.8, 4) is 11.5 Å². The summed E-state index contributed by atoms with van der Waals surface area (Å²) in [6.45, 7) is 6.77. The number of benzene rings is 1. The normalized spacial score (nSPS) is 15.4. The lowest BCUT2D eigenvalue weighted by molar-refractivity contribution is -0.121. The maximum absolute atomic E-state index is 12.1. The van der Waals surface area contributed by atoms with E-state index in [0.717, 1.165) is 29.0 Å². The van der Waals surface area contributed by atoms with Gasteiger partial charge in [-0.2, -0.15) is 4.98 Å². The summed E-state index contributed by atoms with van der Waals surface area (Å²) in [5.74, 6) is 2.86. The van der Waals surface area contributed by atoms with Crippen LogP contribution < -0.4 is 14.8 Å². The number of fused-ring (bicyclic) bond motifs is 1. The first-order chi connectivity index (χ1) is 12.5. The third-order valence-corrected chi connectivity index (χ3v) is 4.22. The molecule has 1 aliphatic heterocycles. The van der Waals surface area contributed by atoms with Crippen LogP contribution in [0.25, 0.3) is 0 Å². The van der Waals surface area contributed by atoms with E-state index in [1.54, 1.807) is 6.92 Å². The summed E-state index contributed by atoms with van der Waals surface area (Å²) in [7, 11) is 0. The molecule has 0 fully saturated rings. The van der Waals surface area contributed by atoms with Gasteiger partial charge in [0.2, 0.25) is 11.8 Å². The summed E-state index contributed by atoms with van der Waals surface area (Å²) in [5, 5.41) is 6.69. The third kappa shape index (κ3) is 4.53. The van der Waals surface area contributed by atoms with Crippen LogP contribution >= 0.6 is 0 Å². The monoisotopic (exact) mass is 359 g/mol. The minimum atomic E-state index is -0.0153. The zero-order valence-electron chi connectivity index (χ0n) is 15.5. The summed E-state index contributed by atoms with van der Waals surface area (Å²) in [6.07, 6.45) is 2.73. The Bertz CT molecular complexity index is 772. The maximum atomic E-state index is 12.1. The van der Waals surface area contributed by atoms with Crippen molar-refractivity contribution in [1.29, 1.82) is 0 Å². The van der Waals surface area contributed by atoms with Crippen molar-refractivity contribution in [2.75, 3.05) is 6.61 Å². The second-order valence-electron chi connectivity index (χ2n) is 6.50. The summed E-state index contributed by atoms with van der Waals surface area (Å²) in [4.78, 5) is 16.2. The highest BCUT2D eigenvalue weighted by Crippen LogP contribution is 2.35. The van der Waals surface area contributed by atoms with Crippen molar-refractivity contribution in [3.05, 3.63) is 35.0 Å². The van der Waals surface area contributed by atoms with E-state index in [1.165, 1.54) is 0 Å². The molecule has 2 heterocycles. The average molecular weight is 359 g/mol. The van der Waals surface area contributed by atoms with Gasteiger partial charge < -0.3 is 19.3 Å². The smallest absolute Gasteiger partial charge is 0.226 e. The van der Waals surface area contributed by atoms with Gasteiger partial charge in [0, 0.05) is 36.9 Å². The molecule has 7 heteroatoms. The molecular formula is C19H25N3O4. The Balaban J connectivity index is 1.53. The lowest BCUT2D eigenvalue weighted by Crippen LogP contribution is -2.23. The molecule has 0 bridgehead atoms. The fourth-order valence-electron chi connectivity index (χ4n) is 3.03. The van der Waals surface area contributed by atoms with Gasteiger partial charge in [-0.15, -0.1) is 0 Å². The Kier molecular flexibility index (Phi) is 5.75. The number of carbonyl (C=O) groups excluding carboxylic acids is 1. The van der Waals surface area contributed by atoms with Crippen LogP contribution in [0.2, 0.25) is 0 Å².